The van der Waals surface area contributed by atoms with Crippen molar-refractivity contribution < 1.29 is 24.2 Å². The number of unbranched alkanes of at least 4 members (excludes halogenated alkanes) is 1. The molecular formula is C26H26N4O5S. The number of para-hydroxylation sites is 1. The van der Waals surface area contributed by atoms with E-state index in [4.69, 9.17) is 9.47 Å². The maximum Gasteiger partial charge on any atom is 0.337 e. The Labute approximate surface area is 212 Å². The van der Waals surface area contributed by atoms with E-state index < -0.39 is 11.6 Å². The zero-order chi connectivity index (χ0) is 25.5. The van der Waals surface area contributed by atoms with Crippen molar-refractivity contribution >= 4 is 29.6 Å². The second-order valence-electron chi connectivity index (χ2n) is 8.24. The Balaban J connectivity index is 1.52. The van der Waals surface area contributed by atoms with Gasteiger partial charge in [-0.2, -0.15) is 0 Å². The van der Waals surface area contributed by atoms with Crippen LogP contribution in [0.15, 0.2) is 76.3 Å². The second-order valence-corrected chi connectivity index (χ2v) is 9.25. The zero-order valence-electron chi connectivity index (χ0n) is 20.0. The Morgan fingerprint density at radius 3 is 2.56 bits per heavy atom. The van der Waals surface area contributed by atoms with Crippen LogP contribution in [-0.4, -0.2) is 56.4 Å². The third-order valence-corrected chi connectivity index (χ3v) is 6.75. The van der Waals surface area contributed by atoms with E-state index in [-0.39, 0.29) is 11.4 Å². The minimum atomic E-state index is -1.46. The number of allylic oxidation sites excluding steroid dienone is 1. The Morgan fingerprint density at radius 1 is 1.14 bits per heavy atom. The fourth-order valence-corrected chi connectivity index (χ4v) is 4.67. The molecule has 1 aromatic heterocycles. The third-order valence-electron chi connectivity index (χ3n) is 5.69. The van der Waals surface area contributed by atoms with Crippen LogP contribution in [0.25, 0.3) is 6.08 Å². The van der Waals surface area contributed by atoms with Gasteiger partial charge in [-0.05, 0) is 83.4 Å². The largest absolute Gasteiger partial charge is 0.494 e. The van der Waals surface area contributed by atoms with Crippen molar-refractivity contribution in [2.45, 2.75) is 30.0 Å². The van der Waals surface area contributed by atoms with E-state index >= 15 is 0 Å². The number of carbonyl (C=O) groups is 2. The molecule has 0 spiro atoms. The highest BCUT2D eigenvalue weighted by molar-refractivity contribution is 8.03. The number of aryl methyl sites for hydroxylation is 1. The number of esters is 1. The molecule has 2 aromatic carbocycles. The smallest absolute Gasteiger partial charge is 0.337 e. The fraction of sp³-hybridized carbons (Fsp3) is 0.269. The lowest BCUT2D eigenvalue weighted by molar-refractivity contribution is -0.112. The Morgan fingerprint density at radius 2 is 1.89 bits per heavy atom. The average molecular weight is 507 g/mol. The lowest BCUT2D eigenvalue weighted by Crippen LogP contribution is -2.28. The van der Waals surface area contributed by atoms with Gasteiger partial charge in [0.25, 0.3) is 0 Å². The molecule has 0 aliphatic heterocycles. The summed E-state index contributed by atoms with van der Waals surface area (Å²) in [6, 6.07) is 16.2. The first-order chi connectivity index (χ1) is 17.4. The van der Waals surface area contributed by atoms with Gasteiger partial charge in [0.15, 0.2) is 5.78 Å². The van der Waals surface area contributed by atoms with Crippen molar-refractivity contribution in [3.63, 3.8) is 0 Å². The van der Waals surface area contributed by atoms with Crippen molar-refractivity contribution in [2.24, 2.45) is 7.05 Å². The van der Waals surface area contributed by atoms with Crippen molar-refractivity contribution in [3.8, 4) is 5.75 Å². The normalized spacial score (nSPS) is 18.4. The van der Waals surface area contributed by atoms with E-state index in [1.54, 1.807) is 43.5 Å². The number of methoxy groups -OCH3 is 1. The number of Topliss-reactive ketones (excluding diaryl/α,β-unsaturated/α-hetero) is 1. The predicted octanol–water partition coefficient (Wildman–Crippen LogP) is 3.62. The summed E-state index contributed by atoms with van der Waals surface area (Å²) >= 11 is 1.11. The van der Waals surface area contributed by atoms with Gasteiger partial charge < -0.3 is 14.6 Å². The average Bonchev–Trinajstić information content (AvgIpc) is 3.40. The Hall–Kier alpha value is -3.76. The molecule has 1 unspecified atom stereocenters. The van der Waals surface area contributed by atoms with E-state index in [2.05, 4.69) is 15.5 Å². The molecule has 4 rings (SSSR count). The molecule has 9 nitrogen and oxygen atoms in total. The van der Waals surface area contributed by atoms with E-state index in [0.717, 1.165) is 17.5 Å². The summed E-state index contributed by atoms with van der Waals surface area (Å²) in [6.07, 6.45) is 4.92. The molecule has 186 valence electrons. The van der Waals surface area contributed by atoms with Crippen LogP contribution >= 0.6 is 11.8 Å². The van der Waals surface area contributed by atoms with Crippen molar-refractivity contribution in [1.82, 2.24) is 20.2 Å². The number of thioether (sulfide) groups is 1. The van der Waals surface area contributed by atoms with Crippen LogP contribution in [0.5, 0.6) is 5.75 Å². The Kier molecular flexibility index (Phi) is 7.97. The van der Waals surface area contributed by atoms with Crippen LogP contribution in [0, 0.1) is 0 Å². The molecule has 1 heterocycles. The number of ketones is 1. The second kappa shape index (κ2) is 11.3. The highest BCUT2D eigenvalue weighted by atomic mass is 32.2. The van der Waals surface area contributed by atoms with Crippen LogP contribution in [-0.2, 0) is 16.6 Å². The number of carbonyl (C=O) groups excluding carboxylic acids is 2. The van der Waals surface area contributed by atoms with Gasteiger partial charge in [0.2, 0.25) is 5.16 Å². The molecule has 1 N–H and O–H groups in total. The molecule has 0 amide bonds. The molecule has 36 heavy (non-hydrogen) atoms. The summed E-state index contributed by atoms with van der Waals surface area (Å²) in [5.74, 6) is 0.0557. The van der Waals surface area contributed by atoms with E-state index in [0.29, 0.717) is 47.1 Å². The van der Waals surface area contributed by atoms with E-state index in [9.17, 15) is 14.7 Å². The summed E-state index contributed by atoms with van der Waals surface area (Å²) in [5, 5.41) is 23.4. The lowest BCUT2D eigenvalue weighted by Gasteiger charge is -2.22. The van der Waals surface area contributed by atoms with Crippen LogP contribution in [0.4, 0.5) is 0 Å². The molecule has 1 aliphatic rings. The third kappa shape index (κ3) is 5.89. The van der Waals surface area contributed by atoms with Gasteiger partial charge in [-0.15, -0.1) is 5.10 Å². The van der Waals surface area contributed by atoms with E-state index in [1.165, 1.54) is 11.8 Å². The number of hydrogen-bond donors (Lipinski definition) is 1. The zero-order valence-corrected chi connectivity index (χ0v) is 20.8. The molecular weight excluding hydrogens is 480 g/mol. The minimum absolute atomic E-state index is 0.259. The maximum atomic E-state index is 13.4. The lowest BCUT2D eigenvalue weighted by atomic mass is 9.89. The SMILES string of the molecule is COC(=O)c1ccc(/C=C2/C(=O)C(Sc3nnnn3C)=CC2(O)CCCCOc2ccccc2)cc1. The van der Waals surface area contributed by atoms with Crippen LogP contribution in [0.1, 0.15) is 35.2 Å². The molecule has 1 aliphatic carbocycles. The molecule has 0 saturated carbocycles. The summed E-state index contributed by atoms with van der Waals surface area (Å²) < 4.78 is 11.9. The Bertz CT molecular complexity index is 1290. The number of hydrogen-bond acceptors (Lipinski definition) is 9. The van der Waals surface area contributed by atoms with Gasteiger partial charge in [-0.25, -0.2) is 9.48 Å². The molecule has 0 saturated heterocycles. The standard InChI is InChI=1S/C26H26N4O5S/c1-30-25(27-28-29-30)36-22-17-26(33,14-6-7-15-35-20-8-4-3-5-9-20)21(23(22)31)16-18-10-12-19(13-11-18)24(32)34-2/h3-5,8-13,16-17,33H,6-7,14-15H2,1-2H3/b21-16-. The van der Waals surface area contributed by atoms with Gasteiger partial charge in [0.1, 0.15) is 11.4 Å². The quantitative estimate of drug-likeness (QED) is 0.250. The predicted molar refractivity (Wildman–Crippen MR) is 134 cm³/mol. The molecule has 3 aromatic rings. The summed E-state index contributed by atoms with van der Waals surface area (Å²) in [4.78, 5) is 25.5. The molecule has 10 heteroatoms. The number of aromatic nitrogens is 4. The van der Waals surface area contributed by atoms with Gasteiger partial charge in [0, 0.05) is 12.6 Å². The number of ether oxygens (including phenoxy) is 2. The number of aliphatic hydroxyl groups is 1. The van der Waals surface area contributed by atoms with Crippen LogP contribution < -0.4 is 4.74 Å². The molecule has 0 fully saturated rings. The van der Waals surface area contributed by atoms with Gasteiger partial charge in [-0.1, -0.05) is 30.3 Å². The number of nitrogens with zero attached hydrogens (tertiary/aromatic N) is 4. The van der Waals surface area contributed by atoms with Gasteiger partial charge in [-0.3, -0.25) is 4.79 Å². The first-order valence-corrected chi connectivity index (χ1v) is 12.2. The molecule has 0 bridgehead atoms. The maximum absolute atomic E-state index is 13.4. The topological polar surface area (TPSA) is 116 Å². The highest BCUT2D eigenvalue weighted by Gasteiger charge is 2.42. The summed E-state index contributed by atoms with van der Waals surface area (Å²) in [5.41, 5.74) is -0.124. The first-order valence-electron chi connectivity index (χ1n) is 11.4. The van der Waals surface area contributed by atoms with Gasteiger partial charge in [0.05, 0.1) is 24.2 Å². The van der Waals surface area contributed by atoms with Crippen molar-refractivity contribution in [3.05, 3.63) is 82.3 Å². The highest BCUT2D eigenvalue weighted by Crippen LogP contribution is 2.42. The number of rotatable bonds is 10. The fourth-order valence-electron chi connectivity index (χ4n) is 3.77. The van der Waals surface area contributed by atoms with Crippen molar-refractivity contribution in [2.75, 3.05) is 13.7 Å². The first kappa shape index (κ1) is 25.3. The number of benzene rings is 2. The van der Waals surface area contributed by atoms with Gasteiger partial charge >= 0.3 is 5.97 Å². The van der Waals surface area contributed by atoms with Crippen molar-refractivity contribution in [1.29, 1.82) is 0 Å². The van der Waals surface area contributed by atoms with Crippen LogP contribution in [0.2, 0.25) is 0 Å². The minimum Gasteiger partial charge on any atom is -0.494 e. The monoisotopic (exact) mass is 506 g/mol. The summed E-state index contributed by atoms with van der Waals surface area (Å²) in [6.45, 7) is 0.498. The summed E-state index contributed by atoms with van der Waals surface area (Å²) in [7, 11) is 3.00. The number of tetrazole rings is 1. The van der Waals surface area contributed by atoms with Crippen LogP contribution in [0.3, 0.4) is 0 Å². The van der Waals surface area contributed by atoms with E-state index in [1.807, 2.05) is 30.3 Å². The molecule has 1 atom stereocenters. The molecule has 0 radical (unpaired) electrons.